The molecular weight excluding hydrogens is 286 g/mol. The number of hydrogen-bond acceptors (Lipinski definition) is 3. The summed E-state index contributed by atoms with van der Waals surface area (Å²) in [5.74, 6) is 0.825. The highest BCUT2D eigenvalue weighted by Gasteiger charge is 2.07. The van der Waals surface area contributed by atoms with Crippen molar-refractivity contribution in [1.29, 1.82) is 0 Å². The Morgan fingerprint density at radius 1 is 1.19 bits per heavy atom. The van der Waals surface area contributed by atoms with Gasteiger partial charge in [0.2, 0.25) is 0 Å². The number of hydrogen-bond donors (Lipinski definition) is 1. The molecule has 1 N–H and O–H groups in total. The van der Waals surface area contributed by atoms with Gasteiger partial charge in [0.05, 0.1) is 12.8 Å². The molecule has 0 amide bonds. The Balaban J connectivity index is 1.93. The quantitative estimate of drug-likeness (QED) is 0.807. The zero-order valence-electron chi connectivity index (χ0n) is 12.2. The first-order valence-electron chi connectivity index (χ1n) is 6.77. The summed E-state index contributed by atoms with van der Waals surface area (Å²) in [4.78, 5) is 12.1. The maximum atomic E-state index is 12.1. The summed E-state index contributed by atoms with van der Waals surface area (Å²) < 4.78 is 5.25. The molecule has 4 heteroatoms. The normalized spacial score (nSPS) is 10.2. The number of carbonyl (C=O) groups is 1. The molecule has 0 fully saturated rings. The van der Waals surface area contributed by atoms with Crippen LogP contribution in [0.15, 0.2) is 42.5 Å². The minimum atomic E-state index is 0.114. The SMILES string of the molecule is COc1ccc(Cl)cc1NCCC(=O)c1ccc(C)cc1. The van der Waals surface area contributed by atoms with E-state index in [4.69, 9.17) is 16.3 Å². The van der Waals surface area contributed by atoms with E-state index in [1.165, 1.54) is 0 Å². The Bertz CT molecular complexity index is 623. The lowest BCUT2D eigenvalue weighted by atomic mass is 10.1. The standard InChI is InChI=1S/C17H18ClNO2/c1-12-3-5-13(6-4-12)16(20)9-10-19-15-11-14(18)7-8-17(15)21-2/h3-8,11,19H,9-10H2,1-2H3. The van der Waals surface area contributed by atoms with Gasteiger partial charge in [-0.1, -0.05) is 41.4 Å². The summed E-state index contributed by atoms with van der Waals surface area (Å²) >= 11 is 5.96. The molecule has 2 aromatic rings. The maximum absolute atomic E-state index is 12.1. The van der Waals surface area contributed by atoms with E-state index in [0.29, 0.717) is 23.7 Å². The van der Waals surface area contributed by atoms with Crippen LogP contribution in [-0.4, -0.2) is 19.4 Å². The maximum Gasteiger partial charge on any atom is 0.164 e. The van der Waals surface area contributed by atoms with Gasteiger partial charge in [0.15, 0.2) is 5.78 Å². The predicted octanol–water partition coefficient (Wildman–Crippen LogP) is 4.34. The van der Waals surface area contributed by atoms with E-state index in [9.17, 15) is 4.79 Å². The number of aryl methyl sites for hydroxylation is 1. The molecule has 110 valence electrons. The van der Waals surface area contributed by atoms with Crippen LogP contribution in [0, 0.1) is 6.92 Å². The number of halogens is 1. The van der Waals surface area contributed by atoms with E-state index >= 15 is 0 Å². The fraction of sp³-hybridized carbons (Fsp3) is 0.235. The van der Waals surface area contributed by atoms with Crippen molar-refractivity contribution in [3.63, 3.8) is 0 Å². The summed E-state index contributed by atoms with van der Waals surface area (Å²) in [6.07, 6.45) is 0.415. The largest absolute Gasteiger partial charge is 0.495 e. The number of nitrogens with one attached hydrogen (secondary N) is 1. The monoisotopic (exact) mass is 303 g/mol. The van der Waals surface area contributed by atoms with Gasteiger partial charge in [-0.3, -0.25) is 4.79 Å². The van der Waals surface area contributed by atoms with Crippen molar-refractivity contribution in [2.45, 2.75) is 13.3 Å². The van der Waals surface area contributed by atoms with Crippen molar-refractivity contribution in [2.24, 2.45) is 0 Å². The molecule has 21 heavy (non-hydrogen) atoms. The first-order chi connectivity index (χ1) is 10.1. The van der Waals surface area contributed by atoms with Gasteiger partial charge in [-0.2, -0.15) is 0 Å². The Hall–Kier alpha value is -2.00. The van der Waals surface area contributed by atoms with E-state index < -0.39 is 0 Å². The van der Waals surface area contributed by atoms with Crippen LogP contribution >= 0.6 is 11.6 Å². The van der Waals surface area contributed by atoms with Crippen LogP contribution < -0.4 is 10.1 Å². The smallest absolute Gasteiger partial charge is 0.164 e. The molecule has 0 aromatic heterocycles. The third kappa shape index (κ3) is 4.23. The number of anilines is 1. The molecule has 0 spiro atoms. The number of benzene rings is 2. The van der Waals surface area contributed by atoms with Crippen molar-refractivity contribution in [1.82, 2.24) is 0 Å². The van der Waals surface area contributed by atoms with Crippen molar-refractivity contribution >= 4 is 23.1 Å². The topological polar surface area (TPSA) is 38.3 Å². The van der Waals surface area contributed by atoms with Gasteiger partial charge >= 0.3 is 0 Å². The van der Waals surface area contributed by atoms with Crippen LogP contribution in [0.5, 0.6) is 5.75 Å². The van der Waals surface area contributed by atoms with Crippen LogP contribution in [0.1, 0.15) is 22.3 Å². The van der Waals surface area contributed by atoms with E-state index in [1.807, 2.05) is 31.2 Å². The van der Waals surface area contributed by atoms with Gasteiger partial charge in [0.1, 0.15) is 5.75 Å². The number of Topliss-reactive ketones (excluding diaryl/α,β-unsaturated/α-hetero) is 1. The molecule has 0 heterocycles. The molecule has 0 aliphatic rings. The molecule has 0 unspecified atom stereocenters. The number of methoxy groups -OCH3 is 1. The zero-order chi connectivity index (χ0) is 15.2. The van der Waals surface area contributed by atoms with Gasteiger partial charge in [-0.15, -0.1) is 0 Å². The lowest BCUT2D eigenvalue weighted by Crippen LogP contribution is -2.09. The molecule has 2 rings (SSSR count). The van der Waals surface area contributed by atoms with Gasteiger partial charge < -0.3 is 10.1 Å². The fourth-order valence-corrected chi connectivity index (χ4v) is 2.18. The number of ether oxygens (including phenoxy) is 1. The first kappa shape index (κ1) is 15.4. The van der Waals surface area contributed by atoms with E-state index in [2.05, 4.69) is 5.32 Å². The number of rotatable bonds is 6. The van der Waals surface area contributed by atoms with Gasteiger partial charge in [0.25, 0.3) is 0 Å². The fourth-order valence-electron chi connectivity index (χ4n) is 2.01. The molecule has 0 saturated heterocycles. The summed E-state index contributed by atoms with van der Waals surface area (Å²) in [6.45, 7) is 2.53. The average molecular weight is 304 g/mol. The second-order valence-electron chi connectivity index (χ2n) is 4.81. The van der Waals surface area contributed by atoms with Gasteiger partial charge in [-0.25, -0.2) is 0 Å². The molecule has 0 bridgehead atoms. The van der Waals surface area contributed by atoms with Crippen LogP contribution in [0.25, 0.3) is 0 Å². The minimum Gasteiger partial charge on any atom is -0.495 e. The lowest BCUT2D eigenvalue weighted by Gasteiger charge is -2.11. The Kier molecular flexibility index (Phi) is 5.23. The second kappa shape index (κ2) is 7.14. The zero-order valence-corrected chi connectivity index (χ0v) is 12.9. The van der Waals surface area contributed by atoms with Crippen molar-refractivity contribution in [3.8, 4) is 5.75 Å². The average Bonchev–Trinajstić information content (AvgIpc) is 2.48. The highest BCUT2D eigenvalue weighted by molar-refractivity contribution is 6.30. The molecule has 2 aromatic carbocycles. The van der Waals surface area contributed by atoms with E-state index in [-0.39, 0.29) is 5.78 Å². The molecule has 3 nitrogen and oxygen atoms in total. The van der Waals surface area contributed by atoms with Gasteiger partial charge in [0, 0.05) is 23.6 Å². The first-order valence-corrected chi connectivity index (χ1v) is 7.15. The van der Waals surface area contributed by atoms with Crippen molar-refractivity contribution in [2.75, 3.05) is 19.0 Å². The Morgan fingerprint density at radius 2 is 1.90 bits per heavy atom. The third-order valence-electron chi connectivity index (χ3n) is 3.20. The third-order valence-corrected chi connectivity index (χ3v) is 3.44. The summed E-state index contributed by atoms with van der Waals surface area (Å²) in [5.41, 5.74) is 2.68. The highest BCUT2D eigenvalue weighted by atomic mass is 35.5. The highest BCUT2D eigenvalue weighted by Crippen LogP contribution is 2.27. The molecule has 0 aliphatic carbocycles. The van der Waals surface area contributed by atoms with Crippen molar-refractivity contribution < 1.29 is 9.53 Å². The van der Waals surface area contributed by atoms with E-state index in [1.54, 1.807) is 25.3 Å². The summed E-state index contributed by atoms with van der Waals surface area (Å²) in [6, 6.07) is 13.0. The molecule has 0 radical (unpaired) electrons. The van der Waals surface area contributed by atoms with Crippen LogP contribution in [-0.2, 0) is 0 Å². The predicted molar refractivity (Wildman–Crippen MR) is 86.6 cm³/mol. The molecular formula is C17H18ClNO2. The van der Waals surface area contributed by atoms with Crippen LogP contribution in [0.3, 0.4) is 0 Å². The molecule has 0 atom stereocenters. The summed E-state index contributed by atoms with van der Waals surface area (Å²) in [7, 11) is 1.60. The van der Waals surface area contributed by atoms with Gasteiger partial charge in [-0.05, 0) is 25.1 Å². The lowest BCUT2D eigenvalue weighted by molar-refractivity contribution is 0.0986. The van der Waals surface area contributed by atoms with E-state index in [0.717, 1.165) is 16.8 Å². The van der Waals surface area contributed by atoms with Crippen LogP contribution in [0.2, 0.25) is 5.02 Å². The molecule has 0 saturated carbocycles. The molecule has 0 aliphatic heterocycles. The number of ketones is 1. The second-order valence-corrected chi connectivity index (χ2v) is 5.25. The summed E-state index contributed by atoms with van der Waals surface area (Å²) in [5, 5.41) is 3.81. The number of carbonyl (C=O) groups excluding carboxylic acids is 1. The van der Waals surface area contributed by atoms with Crippen molar-refractivity contribution in [3.05, 3.63) is 58.6 Å². The Labute approximate surface area is 129 Å². The Morgan fingerprint density at radius 3 is 2.57 bits per heavy atom. The van der Waals surface area contributed by atoms with Crippen LogP contribution in [0.4, 0.5) is 5.69 Å². The minimum absolute atomic E-state index is 0.114.